The summed E-state index contributed by atoms with van der Waals surface area (Å²) in [6.07, 6.45) is 0.322. The number of carbonyl (C=O) groups excluding carboxylic acids is 2. The molecule has 0 bridgehead atoms. The highest BCUT2D eigenvalue weighted by Gasteiger charge is 2.28. The molecule has 0 fully saturated rings. The highest BCUT2D eigenvalue weighted by Crippen LogP contribution is 2.26. The molecule has 2 N–H and O–H groups in total. The summed E-state index contributed by atoms with van der Waals surface area (Å²) in [7, 11) is 0. The molecular weight excluding hydrogens is 439 g/mol. The van der Waals surface area contributed by atoms with Crippen LogP contribution in [0.3, 0.4) is 0 Å². The number of thiazole rings is 1. The molecule has 168 valence electrons. The van der Waals surface area contributed by atoms with Crippen molar-refractivity contribution < 1.29 is 22.8 Å². The topological polar surface area (TPSA) is 71.1 Å². The fourth-order valence-electron chi connectivity index (χ4n) is 3.11. The van der Waals surface area contributed by atoms with Crippen LogP contribution in [-0.2, 0) is 11.2 Å². The number of nitrogens with one attached hydrogen (secondary N) is 2. The summed E-state index contributed by atoms with van der Waals surface area (Å²) in [6.45, 7) is 5.14. The molecule has 0 aliphatic rings. The first kappa shape index (κ1) is 23.5. The number of hydrogen-bond acceptors (Lipinski definition) is 4. The zero-order valence-electron chi connectivity index (χ0n) is 17.7. The lowest BCUT2D eigenvalue weighted by Gasteiger charge is -2.21. The van der Waals surface area contributed by atoms with E-state index in [9.17, 15) is 22.8 Å². The smallest absolute Gasteiger partial charge is 0.257 e. The third-order valence-corrected chi connectivity index (χ3v) is 5.93. The van der Waals surface area contributed by atoms with Crippen molar-refractivity contribution >= 4 is 28.3 Å². The molecule has 1 unspecified atom stereocenters. The number of aryl methyl sites for hydroxylation is 1. The quantitative estimate of drug-likeness (QED) is 0.528. The normalized spacial score (nSPS) is 12.0. The Balaban J connectivity index is 1.74. The number of anilines is 1. The molecule has 1 aromatic heterocycles. The molecule has 3 rings (SSSR count). The summed E-state index contributed by atoms with van der Waals surface area (Å²) in [5.74, 6) is -4.32. The van der Waals surface area contributed by atoms with E-state index in [1.165, 1.54) is 17.4 Å². The van der Waals surface area contributed by atoms with Gasteiger partial charge in [-0.25, -0.2) is 18.2 Å². The monoisotopic (exact) mass is 461 g/mol. The highest BCUT2D eigenvalue weighted by atomic mass is 32.1. The lowest BCUT2D eigenvalue weighted by molar-refractivity contribution is -0.118. The molecule has 0 aliphatic heterocycles. The van der Waals surface area contributed by atoms with Crippen molar-refractivity contribution in [3.63, 3.8) is 0 Å². The van der Waals surface area contributed by atoms with Gasteiger partial charge in [0.2, 0.25) is 5.91 Å². The number of nitrogens with zero attached hydrogens (tertiary/aromatic N) is 1. The van der Waals surface area contributed by atoms with Crippen molar-refractivity contribution in [2.45, 2.75) is 33.2 Å². The van der Waals surface area contributed by atoms with Crippen LogP contribution in [0, 0.1) is 30.3 Å². The maximum absolute atomic E-state index is 14.0. The van der Waals surface area contributed by atoms with E-state index >= 15 is 0 Å². The molecule has 2 aromatic carbocycles. The van der Waals surface area contributed by atoms with Gasteiger partial charge in [-0.05, 0) is 36.6 Å². The van der Waals surface area contributed by atoms with Crippen LogP contribution in [0.2, 0.25) is 0 Å². The molecular formula is C23H22F3N3O2S. The Morgan fingerprint density at radius 3 is 2.25 bits per heavy atom. The molecule has 0 saturated carbocycles. The Hall–Kier alpha value is -3.20. The largest absolute Gasteiger partial charge is 0.340 e. The van der Waals surface area contributed by atoms with Crippen LogP contribution < -0.4 is 10.6 Å². The number of rotatable bonds is 7. The molecule has 0 radical (unpaired) electrons. The first-order chi connectivity index (χ1) is 15.2. The van der Waals surface area contributed by atoms with Gasteiger partial charge in [0.05, 0.1) is 5.69 Å². The van der Waals surface area contributed by atoms with E-state index in [4.69, 9.17) is 0 Å². The van der Waals surface area contributed by atoms with Gasteiger partial charge in [0.25, 0.3) is 5.91 Å². The molecule has 0 saturated heterocycles. The summed E-state index contributed by atoms with van der Waals surface area (Å²) in [5, 5.41) is 5.33. The van der Waals surface area contributed by atoms with Crippen LogP contribution in [0.15, 0.2) is 42.5 Å². The minimum Gasteiger partial charge on any atom is -0.340 e. The highest BCUT2D eigenvalue weighted by molar-refractivity contribution is 7.15. The number of amides is 2. The fourth-order valence-corrected chi connectivity index (χ4v) is 4.10. The maximum Gasteiger partial charge on any atom is 0.257 e. The van der Waals surface area contributed by atoms with Gasteiger partial charge in [0, 0.05) is 11.3 Å². The molecule has 2 amide bonds. The Morgan fingerprint density at radius 1 is 1.00 bits per heavy atom. The molecule has 1 heterocycles. The number of benzene rings is 2. The Morgan fingerprint density at radius 2 is 1.62 bits per heavy atom. The average Bonchev–Trinajstić information content (AvgIpc) is 3.06. The molecule has 0 spiro atoms. The number of carbonyl (C=O) groups is 2. The second-order valence-electron chi connectivity index (χ2n) is 7.58. The zero-order chi connectivity index (χ0) is 23.4. The Kier molecular flexibility index (Phi) is 7.29. The molecule has 0 aliphatic carbocycles. The number of hydrogen-bond donors (Lipinski definition) is 2. The summed E-state index contributed by atoms with van der Waals surface area (Å²) in [5.41, 5.74) is 0.409. The maximum atomic E-state index is 14.0. The summed E-state index contributed by atoms with van der Waals surface area (Å²) < 4.78 is 41.8. The average molecular weight is 462 g/mol. The first-order valence-corrected chi connectivity index (χ1v) is 10.7. The summed E-state index contributed by atoms with van der Waals surface area (Å²) >= 11 is 1.20. The second-order valence-corrected chi connectivity index (χ2v) is 8.66. The van der Waals surface area contributed by atoms with Gasteiger partial charge in [0.1, 0.15) is 29.1 Å². The molecule has 3 aromatic rings. The van der Waals surface area contributed by atoms with Crippen LogP contribution >= 0.6 is 11.3 Å². The third kappa shape index (κ3) is 5.34. The van der Waals surface area contributed by atoms with Crippen LogP contribution in [0.5, 0.6) is 0 Å². The first-order valence-electron chi connectivity index (χ1n) is 9.92. The predicted octanol–water partition coefficient (Wildman–Crippen LogP) is 4.85. The van der Waals surface area contributed by atoms with Crippen molar-refractivity contribution in [3.8, 4) is 0 Å². The second kappa shape index (κ2) is 9.95. The van der Waals surface area contributed by atoms with Crippen LogP contribution in [0.1, 0.15) is 40.3 Å². The van der Waals surface area contributed by atoms with Crippen LogP contribution in [-0.4, -0.2) is 22.8 Å². The van der Waals surface area contributed by atoms with E-state index < -0.39 is 35.1 Å². The van der Waals surface area contributed by atoms with E-state index in [0.717, 1.165) is 23.1 Å². The van der Waals surface area contributed by atoms with E-state index in [2.05, 4.69) is 15.6 Å². The van der Waals surface area contributed by atoms with Crippen molar-refractivity contribution in [1.29, 1.82) is 0 Å². The minimum atomic E-state index is -1.05. The van der Waals surface area contributed by atoms with Crippen molar-refractivity contribution in [3.05, 3.63) is 81.6 Å². The van der Waals surface area contributed by atoms with E-state index in [1.807, 2.05) is 0 Å². The molecule has 9 heteroatoms. The lowest BCUT2D eigenvalue weighted by Crippen LogP contribution is -2.47. The van der Waals surface area contributed by atoms with Gasteiger partial charge in [-0.2, -0.15) is 0 Å². The third-order valence-electron chi connectivity index (χ3n) is 4.86. The molecule has 1 atom stereocenters. The molecule has 32 heavy (non-hydrogen) atoms. The summed E-state index contributed by atoms with van der Waals surface area (Å²) in [6, 6.07) is 8.44. The van der Waals surface area contributed by atoms with E-state index in [0.29, 0.717) is 17.7 Å². The van der Waals surface area contributed by atoms with Crippen LogP contribution in [0.25, 0.3) is 0 Å². The SMILES string of the molecule is Cc1nc(NC(=O)C(NC(=O)c2c(F)cccc2F)C(C)C)sc1Cc1ccccc1F. The standard InChI is InChI=1S/C23H22F3N3O2S/c1-12(2)20(28-21(30)19-16(25)9-6-10-17(19)26)22(31)29-23-27-13(3)18(32-23)11-14-7-4-5-8-15(14)24/h4-10,12,20H,11H2,1-3H3,(H,28,30)(H,27,29,31). The van der Waals surface area contributed by atoms with E-state index in [-0.39, 0.29) is 16.9 Å². The van der Waals surface area contributed by atoms with Gasteiger partial charge in [-0.3, -0.25) is 9.59 Å². The lowest BCUT2D eigenvalue weighted by atomic mass is 10.0. The summed E-state index contributed by atoms with van der Waals surface area (Å²) in [4.78, 5) is 30.3. The van der Waals surface area contributed by atoms with Gasteiger partial charge in [0.15, 0.2) is 5.13 Å². The van der Waals surface area contributed by atoms with Gasteiger partial charge >= 0.3 is 0 Å². The van der Waals surface area contributed by atoms with Crippen molar-refractivity contribution in [1.82, 2.24) is 10.3 Å². The zero-order valence-corrected chi connectivity index (χ0v) is 18.5. The minimum absolute atomic E-state index is 0.288. The molecule has 5 nitrogen and oxygen atoms in total. The van der Waals surface area contributed by atoms with E-state index in [1.54, 1.807) is 39.0 Å². The van der Waals surface area contributed by atoms with Gasteiger partial charge in [-0.1, -0.05) is 38.1 Å². The van der Waals surface area contributed by atoms with Gasteiger partial charge in [-0.15, -0.1) is 11.3 Å². The van der Waals surface area contributed by atoms with Crippen molar-refractivity contribution in [2.24, 2.45) is 5.92 Å². The Bertz CT molecular complexity index is 1130. The van der Waals surface area contributed by atoms with Gasteiger partial charge < -0.3 is 10.6 Å². The number of aromatic nitrogens is 1. The fraction of sp³-hybridized carbons (Fsp3) is 0.261. The predicted molar refractivity (Wildman–Crippen MR) is 117 cm³/mol. The Labute approximate surface area is 187 Å². The van der Waals surface area contributed by atoms with Crippen LogP contribution in [0.4, 0.5) is 18.3 Å². The van der Waals surface area contributed by atoms with Crippen molar-refractivity contribution in [2.75, 3.05) is 5.32 Å². The number of halogens is 3.